The van der Waals surface area contributed by atoms with E-state index in [4.69, 9.17) is 9.47 Å². The second kappa shape index (κ2) is 5.06. The molecule has 0 heterocycles. The molecule has 0 aromatic heterocycles. The molecule has 0 amide bonds. The van der Waals surface area contributed by atoms with E-state index in [-0.39, 0.29) is 0 Å². The quantitative estimate of drug-likeness (QED) is 0.868. The van der Waals surface area contributed by atoms with Crippen LogP contribution >= 0.6 is 15.9 Å². The van der Waals surface area contributed by atoms with Gasteiger partial charge in [-0.2, -0.15) is 0 Å². The minimum atomic E-state index is -1.11. The van der Waals surface area contributed by atoms with Crippen molar-refractivity contribution in [3.8, 4) is 11.5 Å². The molecule has 1 N–H and O–H groups in total. The van der Waals surface area contributed by atoms with E-state index in [0.717, 1.165) is 0 Å². The average Bonchev–Trinajstić information content (AvgIpc) is 2.25. The number of ether oxygens (including phenoxy) is 2. The summed E-state index contributed by atoms with van der Waals surface area (Å²) in [7, 11) is 2.92. The van der Waals surface area contributed by atoms with E-state index in [1.54, 1.807) is 19.9 Å². The van der Waals surface area contributed by atoms with Gasteiger partial charge in [0.2, 0.25) is 0 Å². The van der Waals surface area contributed by atoms with Gasteiger partial charge in [0.25, 0.3) is 0 Å². The third-order valence-electron chi connectivity index (χ3n) is 2.36. The van der Waals surface area contributed by atoms with E-state index in [0.29, 0.717) is 33.4 Å². The summed E-state index contributed by atoms with van der Waals surface area (Å²) < 4.78 is 11.0. The third kappa shape index (κ3) is 2.61. The van der Waals surface area contributed by atoms with Crippen molar-refractivity contribution in [3.05, 3.63) is 21.7 Å². The molecule has 1 aromatic carbocycles. The Labute approximate surface area is 109 Å². The zero-order valence-corrected chi connectivity index (χ0v) is 11.8. The molecule has 0 saturated carbocycles. The molecule has 0 aliphatic carbocycles. The molecule has 17 heavy (non-hydrogen) atoms. The number of methoxy groups -OCH3 is 2. The summed E-state index contributed by atoms with van der Waals surface area (Å²) in [6.07, 6.45) is 0.681. The first-order chi connectivity index (χ1) is 7.86. The molecule has 0 bridgehead atoms. The van der Waals surface area contributed by atoms with Crippen molar-refractivity contribution in [2.24, 2.45) is 0 Å². The molecule has 1 aromatic rings. The highest BCUT2D eigenvalue weighted by atomic mass is 79.9. The number of hydrogen-bond donors (Lipinski definition) is 1. The van der Waals surface area contributed by atoms with Crippen LogP contribution in [0.2, 0.25) is 0 Å². The van der Waals surface area contributed by atoms with Crippen molar-refractivity contribution in [1.82, 2.24) is 0 Å². The van der Waals surface area contributed by atoms with Crippen molar-refractivity contribution in [2.45, 2.75) is 19.4 Å². The second-order valence-electron chi connectivity index (χ2n) is 4.07. The highest BCUT2D eigenvalue weighted by molar-refractivity contribution is 9.10. The molecule has 0 atom stereocenters. The Balaban J connectivity index is 3.67. The smallest absolute Gasteiger partial charge is 0.171 e. The number of benzene rings is 1. The predicted octanol–water partition coefficient (Wildman–Crippen LogP) is 2.51. The molecular formula is C12H15BrO4. The van der Waals surface area contributed by atoms with Crippen molar-refractivity contribution in [1.29, 1.82) is 0 Å². The normalized spacial score (nSPS) is 11.2. The monoisotopic (exact) mass is 302 g/mol. The first-order valence-corrected chi connectivity index (χ1v) is 5.78. The lowest BCUT2D eigenvalue weighted by molar-refractivity contribution is 0.0742. The highest BCUT2D eigenvalue weighted by Crippen LogP contribution is 2.43. The van der Waals surface area contributed by atoms with Gasteiger partial charge in [-0.05, 0) is 19.9 Å². The van der Waals surface area contributed by atoms with Gasteiger partial charge in [-0.15, -0.1) is 0 Å². The number of halogens is 1. The predicted molar refractivity (Wildman–Crippen MR) is 67.9 cm³/mol. The van der Waals surface area contributed by atoms with Crippen LogP contribution in [-0.4, -0.2) is 25.6 Å². The van der Waals surface area contributed by atoms with Gasteiger partial charge in [0.05, 0.1) is 25.4 Å². The summed E-state index contributed by atoms with van der Waals surface area (Å²) in [5.41, 5.74) is -0.203. The van der Waals surface area contributed by atoms with E-state index in [1.807, 2.05) is 0 Å². The van der Waals surface area contributed by atoms with Crippen LogP contribution in [0.4, 0.5) is 0 Å². The standard InChI is InChI=1S/C12H15BrO4/c1-12(2,15)9-8(13)5-7(6-14)10(16-3)11(9)17-4/h5-6,15H,1-4H3. The van der Waals surface area contributed by atoms with Crippen LogP contribution < -0.4 is 9.47 Å². The number of aldehydes is 1. The second-order valence-corrected chi connectivity index (χ2v) is 4.92. The van der Waals surface area contributed by atoms with Crippen molar-refractivity contribution in [2.75, 3.05) is 14.2 Å². The molecule has 94 valence electrons. The Kier molecular flexibility index (Phi) is 4.16. The number of carbonyl (C=O) groups excluding carboxylic acids is 1. The van der Waals surface area contributed by atoms with Gasteiger partial charge in [0.15, 0.2) is 17.8 Å². The van der Waals surface area contributed by atoms with Crippen LogP contribution in [0.1, 0.15) is 29.8 Å². The fourth-order valence-electron chi connectivity index (χ4n) is 1.69. The lowest BCUT2D eigenvalue weighted by atomic mass is 9.95. The number of rotatable bonds is 4. The maximum atomic E-state index is 10.9. The van der Waals surface area contributed by atoms with Gasteiger partial charge >= 0.3 is 0 Å². The van der Waals surface area contributed by atoms with Gasteiger partial charge in [-0.25, -0.2) is 0 Å². The maximum Gasteiger partial charge on any atom is 0.171 e. The zero-order valence-electron chi connectivity index (χ0n) is 10.2. The molecule has 5 heteroatoms. The summed E-state index contributed by atoms with van der Waals surface area (Å²) in [6, 6.07) is 1.60. The molecule has 0 spiro atoms. The van der Waals surface area contributed by atoms with Crippen LogP contribution in [0.5, 0.6) is 11.5 Å². The van der Waals surface area contributed by atoms with E-state index in [1.165, 1.54) is 14.2 Å². The summed E-state index contributed by atoms with van der Waals surface area (Å²) in [4.78, 5) is 10.9. The van der Waals surface area contributed by atoms with Gasteiger partial charge in [0.1, 0.15) is 0 Å². The van der Waals surface area contributed by atoms with Crippen LogP contribution in [0.25, 0.3) is 0 Å². The summed E-state index contributed by atoms with van der Waals surface area (Å²) in [6.45, 7) is 3.27. The van der Waals surface area contributed by atoms with Crippen molar-refractivity contribution >= 4 is 22.2 Å². The van der Waals surface area contributed by atoms with Crippen LogP contribution in [0.15, 0.2) is 10.5 Å². The summed E-state index contributed by atoms with van der Waals surface area (Å²) in [5.74, 6) is 0.680. The maximum absolute atomic E-state index is 10.9. The largest absolute Gasteiger partial charge is 0.492 e. The molecule has 0 unspecified atom stereocenters. The van der Waals surface area contributed by atoms with E-state index in [2.05, 4.69) is 15.9 Å². The molecule has 0 fully saturated rings. The molecule has 1 rings (SSSR count). The van der Waals surface area contributed by atoms with E-state index >= 15 is 0 Å². The van der Waals surface area contributed by atoms with Gasteiger partial charge in [0, 0.05) is 10.0 Å². The van der Waals surface area contributed by atoms with Crippen LogP contribution in [0, 0.1) is 0 Å². The van der Waals surface area contributed by atoms with Crippen LogP contribution in [-0.2, 0) is 5.60 Å². The summed E-state index contributed by atoms with van der Waals surface area (Å²) >= 11 is 3.32. The van der Waals surface area contributed by atoms with Gasteiger partial charge in [-0.3, -0.25) is 4.79 Å². The fourth-order valence-corrected chi connectivity index (χ4v) is 2.60. The third-order valence-corrected chi connectivity index (χ3v) is 2.99. The minimum Gasteiger partial charge on any atom is -0.492 e. The van der Waals surface area contributed by atoms with Crippen molar-refractivity contribution in [3.63, 3.8) is 0 Å². The number of aliphatic hydroxyl groups is 1. The lowest BCUT2D eigenvalue weighted by Gasteiger charge is -2.24. The van der Waals surface area contributed by atoms with E-state index < -0.39 is 5.60 Å². The van der Waals surface area contributed by atoms with Crippen molar-refractivity contribution < 1.29 is 19.4 Å². The Bertz CT molecular complexity index is 435. The first-order valence-electron chi connectivity index (χ1n) is 4.99. The fraction of sp³-hybridized carbons (Fsp3) is 0.417. The number of hydrogen-bond acceptors (Lipinski definition) is 4. The molecule has 0 aliphatic heterocycles. The molecule has 4 nitrogen and oxygen atoms in total. The average molecular weight is 303 g/mol. The van der Waals surface area contributed by atoms with Crippen LogP contribution in [0.3, 0.4) is 0 Å². The highest BCUT2D eigenvalue weighted by Gasteiger charge is 2.28. The molecule has 0 radical (unpaired) electrons. The Morgan fingerprint density at radius 3 is 2.18 bits per heavy atom. The Morgan fingerprint density at radius 1 is 1.29 bits per heavy atom. The Hall–Kier alpha value is -1.07. The van der Waals surface area contributed by atoms with E-state index in [9.17, 15) is 9.90 Å². The zero-order chi connectivity index (χ0) is 13.2. The Morgan fingerprint density at radius 2 is 1.82 bits per heavy atom. The molecular weight excluding hydrogens is 288 g/mol. The lowest BCUT2D eigenvalue weighted by Crippen LogP contribution is -2.18. The number of carbonyl (C=O) groups is 1. The van der Waals surface area contributed by atoms with Gasteiger partial charge < -0.3 is 14.6 Å². The minimum absolute atomic E-state index is 0.322. The molecule has 0 saturated heterocycles. The topological polar surface area (TPSA) is 55.8 Å². The summed E-state index contributed by atoms with van der Waals surface area (Å²) in [5, 5.41) is 10.1. The SMILES string of the molecule is COc1c(C=O)cc(Br)c(C(C)(C)O)c1OC. The first kappa shape index (κ1) is 14.0. The molecule has 0 aliphatic rings. The van der Waals surface area contributed by atoms with Gasteiger partial charge in [-0.1, -0.05) is 15.9 Å².